The molecule has 128 valence electrons. The summed E-state index contributed by atoms with van der Waals surface area (Å²) in [5.74, 6) is 0.758. The van der Waals surface area contributed by atoms with Crippen LogP contribution in [0.2, 0.25) is 0 Å². The largest absolute Gasteiger partial charge is 0.366 e. The van der Waals surface area contributed by atoms with E-state index in [1.165, 1.54) is 36.3 Å². The van der Waals surface area contributed by atoms with Crippen LogP contribution in [0.3, 0.4) is 0 Å². The second-order valence-electron chi connectivity index (χ2n) is 7.14. The van der Waals surface area contributed by atoms with E-state index < -0.39 is 0 Å². The number of aryl methyl sites for hydroxylation is 1. The van der Waals surface area contributed by atoms with Crippen molar-refractivity contribution in [1.82, 2.24) is 4.90 Å². The summed E-state index contributed by atoms with van der Waals surface area (Å²) in [5.41, 5.74) is 4.32. The summed E-state index contributed by atoms with van der Waals surface area (Å²) >= 11 is 0. The van der Waals surface area contributed by atoms with E-state index in [2.05, 4.69) is 78.2 Å². The summed E-state index contributed by atoms with van der Waals surface area (Å²) < 4.78 is 0. The highest BCUT2D eigenvalue weighted by atomic mass is 79.9. The van der Waals surface area contributed by atoms with Crippen LogP contribution in [0.1, 0.15) is 30.4 Å². The Bertz CT molecular complexity index is 673. The Hall–Kier alpha value is -1.32. The zero-order valence-corrected chi connectivity index (χ0v) is 16.3. The van der Waals surface area contributed by atoms with Crippen molar-refractivity contribution in [2.75, 3.05) is 24.5 Å². The van der Waals surface area contributed by atoms with Gasteiger partial charge in [-0.2, -0.15) is 0 Å². The monoisotopic (exact) mass is 386 g/mol. The van der Waals surface area contributed by atoms with Crippen molar-refractivity contribution in [3.8, 4) is 0 Å². The Morgan fingerprint density at radius 3 is 2.33 bits per heavy atom. The zero-order valence-electron chi connectivity index (χ0n) is 14.6. The number of piperazine rings is 1. The fourth-order valence-corrected chi connectivity index (χ4v) is 4.17. The van der Waals surface area contributed by atoms with Gasteiger partial charge in [-0.05, 0) is 37.5 Å². The number of rotatable bonds is 3. The number of hydrogen-bond donors (Lipinski definition) is 0. The normalized spacial score (nSPS) is 26.8. The minimum atomic E-state index is 0. The van der Waals surface area contributed by atoms with Crippen molar-refractivity contribution in [3.05, 3.63) is 65.7 Å². The molecule has 0 spiro atoms. The van der Waals surface area contributed by atoms with Gasteiger partial charge in [-0.1, -0.05) is 48.5 Å². The maximum absolute atomic E-state index is 2.72. The van der Waals surface area contributed by atoms with E-state index in [0.29, 0.717) is 6.04 Å². The lowest BCUT2D eigenvalue weighted by atomic mass is 10.1. The van der Waals surface area contributed by atoms with Crippen molar-refractivity contribution in [3.63, 3.8) is 0 Å². The third-order valence-corrected chi connectivity index (χ3v) is 5.54. The molecule has 0 aromatic heterocycles. The number of benzene rings is 2. The van der Waals surface area contributed by atoms with E-state index in [4.69, 9.17) is 0 Å². The molecule has 1 aliphatic carbocycles. The molecule has 24 heavy (non-hydrogen) atoms. The topological polar surface area (TPSA) is 6.48 Å². The van der Waals surface area contributed by atoms with Crippen LogP contribution in [0.15, 0.2) is 54.6 Å². The van der Waals surface area contributed by atoms with E-state index in [1.807, 2.05) is 0 Å². The minimum Gasteiger partial charge on any atom is -0.366 e. The molecule has 4 rings (SSSR count). The number of nitrogens with zero attached hydrogens (tertiary/aromatic N) is 2. The van der Waals surface area contributed by atoms with Gasteiger partial charge in [0, 0.05) is 43.3 Å². The molecule has 2 aliphatic rings. The molecule has 2 aromatic rings. The Balaban J connectivity index is 0.00000169. The third kappa shape index (κ3) is 3.38. The first-order valence-electron chi connectivity index (χ1n) is 8.85. The van der Waals surface area contributed by atoms with Crippen molar-refractivity contribution < 1.29 is 0 Å². The van der Waals surface area contributed by atoms with Gasteiger partial charge in [0.1, 0.15) is 0 Å². The van der Waals surface area contributed by atoms with Crippen molar-refractivity contribution in [2.45, 2.75) is 38.3 Å². The van der Waals surface area contributed by atoms with Crippen molar-refractivity contribution in [2.24, 2.45) is 0 Å². The number of hydrogen-bond acceptors (Lipinski definition) is 2. The van der Waals surface area contributed by atoms with Crippen LogP contribution in [-0.4, -0.2) is 36.6 Å². The Morgan fingerprint density at radius 2 is 1.62 bits per heavy atom. The quantitative estimate of drug-likeness (QED) is 0.757. The smallest absolute Gasteiger partial charge is 0.0399 e. The van der Waals surface area contributed by atoms with Crippen LogP contribution in [0.25, 0.3) is 0 Å². The van der Waals surface area contributed by atoms with Gasteiger partial charge < -0.3 is 4.90 Å². The lowest BCUT2D eigenvalue weighted by Crippen LogP contribution is -2.53. The lowest BCUT2D eigenvalue weighted by Gasteiger charge is -2.42. The fourth-order valence-electron chi connectivity index (χ4n) is 4.17. The van der Waals surface area contributed by atoms with Gasteiger partial charge in [-0.25, -0.2) is 0 Å². The van der Waals surface area contributed by atoms with E-state index in [9.17, 15) is 0 Å². The van der Waals surface area contributed by atoms with Gasteiger partial charge in [0.25, 0.3) is 0 Å². The summed E-state index contributed by atoms with van der Waals surface area (Å²) in [6, 6.07) is 21.2. The molecule has 1 heterocycles. The number of para-hydroxylation sites is 1. The van der Waals surface area contributed by atoms with Gasteiger partial charge >= 0.3 is 0 Å². The molecule has 1 saturated carbocycles. The number of anilines is 1. The third-order valence-electron chi connectivity index (χ3n) is 5.54. The predicted octanol–water partition coefficient (Wildman–Crippen LogP) is 4.64. The first-order valence-corrected chi connectivity index (χ1v) is 8.85. The van der Waals surface area contributed by atoms with Gasteiger partial charge in [0.05, 0.1) is 0 Å². The standard InChI is InChI=1S/C21H26N2.BrH/c1-16-8-6-7-11-20(16)23-13-12-22(15-17(23)2)21-14-19(21)18-9-4-3-5-10-18;/h3-11,17,19,21H,12-15H2,1-2H3;1H/t17?,19-,21+;/m0./s1. The summed E-state index contributed by atoms with van der Waals surface area (Å²) in [7, 11) is 0. The average Bonchev–Trinajstić information content (AvgIpc) is 3.37. The van der Waals surface area contributed by atoms with E-state index in [0.717, 1.165) is 18.5 Å². The molecular weight excluding hydrogens is 360 g/mol. The second kappa shape index (κ2) is 7.28. The highest BCUT2D eigenvalue weighted by Crippen LogP contribution is 2.45. The van der Waals surface area contributed by atoms with Gasteiger partial charge in [-0.15, -0.1) is 17.0 Å². The zero-order chi connectivity index (χ0) is 15.8. The van der Waals surface area contributed by atoms with Crippen LogP contribution in [0.4, 0.5) is 5.69 Å². The van der Waals surface area contributed by atoms with Gasteiger partial charge in [0.2, 0.25) is 0 Å². The van der Waals surface area contributed by atoms with Crippen molar-refractivity contribution >= 4 is 22.7 Å². The molecule has 0 N–H and O–H groups in total. The summed E-state index contributed by atoms with van der Waals surface area (Å²) in [4.78, 5) is 5.31. The molecule has 0 radical (unpaired) electrons. The Kier molecular flexibility index (Phi) is 5.31. The van der Waals surface area contributed by atoms with Gasteiger partial charge in [0.15, 0.2) is 0 Å². The van der Waals surface area contributed by atoms with E-state index >= 15 is 0 Å². The minimum absolute atomic E-state index is 0. The molecular formula is C21H27BrN2. The summed E-state index contributed by atoms with van der Waals surface area (Å²) in [5, 5.41) is 0. The van der Waals surface area contributed by atoms with Crippen LogP contribution in [0.5, 0.6) is 0 Å². The van der Waals surface area contributed by atoms with Crippen LogP contribution in [0, 0.1) is 6.92 Å². The van der Waals surface area contributed by atoms with Crippen molar-refractivity contribution in [1.29, 1.82) is 0 Å². The molecule has 1 aliphatic heterocycles. The molecule has 2 nitrogen and oxygen atoms in total. The predicted molar refractivity (Wildman–Crippen MR) is 107 cm³/mol. The second-order valence-corrected chi connectivity index (χ2v) is 7.14. The highest BCUT2D eigenvalue weighted by Gasteiger charge is 2.44. The molecule has 1 unspecified atom stereocenters. The lowest BCUT2D eigenvalue weighted by molar-refractivity contribution is 0.216. The molecule has 1 saturated heterocycles. The average molecular weight is 387 g/mol. The maximum Gasteiger partial charge on any atom is 0.0399 e. The fraction of sp³-hybridized carbons (Fsp3) is 0.429. The number of halogens is 1. The Morgan fingerprint density at radius 1 is 0.917 bits per heavy atom. The molecule has 0 amide bonds. The summed E-state index contributed by atoms with van der Waals surface area (Å²) in [6.45, 7) is 8.11. The van der Waals surface area contributed by atoms with Gasteiger partial charge in [-0.3, -0.25) is 4.90 Å². The van der Waals surface area contributed by atoms with Crippen LogP contribution < -0.4 is 4.90 Å². The maximum atomic E-state index is 2.72. The van der Waals surface area contributed by atoms with E-state index in [-0.39, 0.29) is 17.0 Å². The van der Waals surface area contributed by atoms with Crippen LogP contribution >= 0.6 is 17.0 Å². The molecule has 0 bridgehead atoms. The SMILES string of the molecule is Br.Cc1ccccc1N1CCN([C@@H]2C[C@H]2c2ccccc2)CC1C. The molecule has 3 atom stereocenters. The first kappa shape index (κ1) is 17.5. The molecule has 2 fully saturated rings. The van der Waals surface area contributed by atoms with E-state index in [1.54, 1.807) is 0 Å². The molecule has 3 heteroatoms. The molecule has 2 aromatic carbocycles. The first-order chi connectivity index (χ1) is 11.2. The highest BCUT2D eigenvalue weighted by molar-refractivity contribution is 8.93. The summed E-state index contributed by atoms with van der Waals surface area (Å²) in [6.07, 6.45) is 1.33. The van der Waals surface area contributed by atoms with Crippen LogP contribution in [-0.2, 0) is 0 Å². The Labute approximate surface area is 156 Å².